The molecule has 0 radical (unpaired) electrons. The van der Waals surface area contributed by atoms with Crippen LogP contribution in [0.15, 0.2) is 54.6 Å². The molecule has 0 atom stereocenters. The zero-order valence-corrected chi connectivity index (χ0v) is 13.2. The van der Waals surface area contributed by atoms with E-state index in [1.807, 2.05) is 47.4 Å². The quantitative estimate of drug-likeness (QED) is 0.904. The van der Waals surface area contributed by atoms with Gasteiger partial charge in [-0.1, -0.05) is 42.5 Å². The Morgan fingerprint density at radius 1 is 0.957 bits per heavy atom. The number of piperazine rings is 1. The van der Waals surface area contributed by atoms with E-state index in [0.29, 0.717) is 6.42 Å². The molecule has 0 saturated carbocycles. The first kappa shape index (κ1) is 15.7. The molecule has 0 aliphatic carbocycles. The third kappa shape index (κ3) is 4.39. The Labute approximate surface area is 136 Å². The summed E-state index contributed by atoms with van der Waals surface area (Å²) in [5, 5.41) is 0. The Morgan fingerprint density at radius 2 is 1.61 bits per heavy atom. The van der Waals surface area contributed by atoms with Crippen LogP contribution >= 0.6 is 0 Å². The van der Waals surface area contributed by atoms with E-state index in [1.165, 1.54) is 17.0 Å². The van der Waals surface area contributed by atoms with Crippen LogP contribution in [0.2, 0.25) is 0 Å². The fraction of sp³-hybridized carbons (Fsp3) is 0.316. The third-order valence-electron chi connectivity index (χ3n) is 4.39. The van der Waals surface area contributed by atoms with E-state index in [1.54, 1.807) is 0 Å². The molecule has 1 saturated heterocycles. The van der Waals surface area contributed by atoms with Crippen LogP contribution in [0.25, 0.3) is 0 Å². The number of halogens is 1. The Balaban J connectivity index is 1.48. The van der Waals surface area contributed by atoms with E-state index in [9.17, 15) is 9.18 Å². The summed E-state index contributed by atoms with van der Waals surface area (Å²) in [4.78, 5) is 15.7. The second kappa shape index (κ2) is 7.38. The minimum Gasteiger partial charge on any atom is -0.331 e. The normalized spacial score (nSPS) is 15.6. The average molecular weight is 313 g/mol. The summed E-state index contributed by atoms with van der Waals surface area (Å²) < 4.78 is 12.9. The van der Waals surface area contributed by atoms with Crippen LogP contribution in [0.1, 0.15) is 11.1 Å². The Hall–Kier alpha value is -2.20. The molecule has 3 rings (SSSR count). The molecule has 0 bridgehead atoms. The van der Waals surface area contributed by atoms with Gasteiger partial charge in [-0.2, -0.15) is 0 Å². The fourth-order valence-electron chi connectivity index (χ4n) is 3.02. The van der Waals surface area contributed by atoms with E-state index in [2.05, 4.69) is 0 Å². The number of rotatable bonds is 4. The number of quaternary nitrogens is 1. The van der Waals surface area contributed by atoms with Crippen LogP contribution < -0.4 is 4.90 Å². The molecule has 1 fully saturated rings. The van der Waals surface area contributed by atoms with Gasteiger partial charge in [0.1, 0.15) is 12.4 Å². The smallest absolute Gasteiger partial charge is 0.227 e. The van der Waals surface area contributed by atoms with E-state index in [0.717, 1.165) is 43.9 Å². The lowest BCUT2D eigenvalue weighted by molar-refractivity contribution is -0.917. The minimum atomic E-state index is -0.194. The third-order valence-corrected chi connectivity index (χ3v) is 4.39. The van der Waals surface area contributed by atoms with Crippen molar-refractivity contribution in [2.75, 3.05) is 26.2 Å². The van der Waals surface area contributed by atoms with Crippen molar-refractivity contribution in [3.63, 3.8) is 0 Å². The molecule has 1 N–H and O–H groups in total. The van der Waals surface area contributed by atoms with Gasteiger partial charge >= 0.3 is 0 Å². The van der Waals surface area contributed by atoms with E-state index in [-0.39, 0.29) is 11.7 Å². The predicted octanol–water partition coefficient (Wildman–Crippen LogP) is 1.30. The molecular formula is C19H22FN2O+. The number of carbonyl (C=O) groups is 1. The molecule has 2 aromatic carbocycles. The van der Waals surface area contributed by atoms with Crippen LogP contribution in [-0.2, 0) is 17.8 Å². The topological polar surface area (TPSA) is 24.8 Å². The summed E-state index contributed by atoms with van der Waals surface area (Å²) in [6, 6.07) is 16.6. The molecule has 4 heteroatoms. The number of amides is 1. The number of hydrogen-bond acceptors (Lipinski definition) is 1. The molecule has 0 aromatic heterocycles. The highest BCUT2D eigenvalue weighted by Gasteiger charge is 2.23. The predicted molar refractivity (Wildman–Crippen MR) is 87.5 cm³/mol. The maximum atomic E-state index is 12.9. The largest absolute Gasteiger partial charge is 0.331 e. The van der Waals surface area contributed by atoms with Gasteiger partial charge in [-0.3, -0.25) is 4.79 Å². The van der Waals surface area contributed by atoms with E-state index < -0.39 is 0 Å². The SMILES string of the molecule is O=C(Cc1ccccc1)N1CC[NH+](Cc2ccc(F)cc2)CC1. The van der Waals surface area contributed by atoms with Gasteiger partial charge in [0, 0.05) is 5.56 Å². The monoisotopic (exact) mass is 313 g/mol. The van der Waals surface area contributed by atoms with Gasteiger partial charge in [-0.05, 0) is 17.7 Å². The number of benzene rings is 2. The molecule has 23 heavy (non-hydrogen) atoms. The van der Waals surface area contributed by atoms with Crippen molar-refractivity contribution >= 4 is 5.91 Å². The lowest BCUT2D eigenvalue weighted by atomic mass is 10.1. The van der Waals surface area contributed by atoms with Crippen molar-refractivity contribution in [2.24, 2.45) is 0 Å². The molecular weight excluding hydrogens is 291 g/mol. The Bertz CT molecular complexity index is 634. The van der Waals surface area contributed by atoms with Gasteiger partial charge in [0.2, 0.25) is 5.91 Å². The minimum absolute atomic E-state index is 0.194. The summed E-state index contributed by atoms with van der Waals surface area (Å²) in [6.07, 6.45) is 0.480. The first-order chi connectivity index (χ1) is 11.2. The lowest BCUT2D eigenvalue weighted by Gasteiger charge is -2.32. The summed E-state index contributed by atoms with van der Waals surface area (Å²) in [7, 11) is 0. The van der Waals surface area contributed by atoms with Gasteiger partial charge in [-0.25, -0.2) is 4.39 Å². The summed E-state index contributed by atoms with van der Waals surface area (Å²) in [5.74, 6) is 0.0112. The number of carbonyl (C=O) groups excluding carboxylic acids is 1. The molecule has 1 aliphatic heterocycles. The number of nitrogens with zero attached hydrogens (tertiary/aromatic N) is 1. The standard InChI is InChI=1S/C19H21FN2O/c20-18-8-6-17(7-9-18)15-21-10-12-22(13-11-21)19(23)14-16-4-2-1-3-5-16/h1-9H,10-15H2/p+1. The van der Waals surface area contributed by atoms with Crippen molar-refractivity contribution in [3.8, 4) is 0 Å². The Kier molecular flexibility index (Phi) is 5.03. The molecule has 0 unspecified atom stereocenters. The van der Waals surface area contributed by atoms with Gasteiger partial charge in [-0.15, -0.1) is 0 Å². The van der Waals surface area contributed by atoms with Crippen molar-refractivity contribution in [1.82, 2.24) is 4.90 Å². The molecule has 1 heterocycles. The highest BCUT2D eigenvalue weighted by Crippen LogP contribution is 2.04. The first-order valence-corrected chi connectivity index (χ1v) is 8.10. The van der Waals surface area contributed by atoms with Gasteiger partial charge < -0.3 is 9.80 Å². The maximum absolute atomic E-state index is 12.9. The first-order valence-electron chi connectivity index (χ1n) is 8.10. The van der Waals surface area contributed by atoms with Gasteiger partial charge in [0.25, 0.3) is 0 Å². The second-order valence-corrected chi connectivity index (χ2v) is 6.10. The maximum Gasteiger partial charge on any atom is 0.227 e. The van der Waals surface area contributed by atoms with E-state index >= 15 is 0 Å². The summed E-state index contributed by atoms with van der Waals surface area (Å²) in [5.41, 5.74) is 2.21. The zero-order chi connectivity index (χ0) is 16.1. The second-order valence-electron chi connectivity index (χ2n) is 6.10. The fourth-order valence-corrected chi connectivity index (χ4v) is 3.02. The molecule has 0 spiro atoms. The molecule has 1 aliphatic rings. The van der Waals surface area contributed by atoms with Gasteiger partial charge in [0.05, 0.1) is 32.6 Å². The van der Waals surface area contributed by atoms with Crippen LogP contribution in [0.3, 0.4) is 0 Å². The van der Waals surface area contributed by atoms with E-state index in [4.69, 9.17) is 0 Å². The molecule has 3 nitrogen and oxygen atoms in total. The summed E-state index contributed by atoms with van der Waals surface area (Å²) >= 11 is 0. The highest BCUT2D eigenvalue weighted by molar-refractivity contribution is 5.78. The summed E-state index contributed by atoms with van der Waals surface area (Å²) in [6.45, 7) is 4.36. The molecule has 1 amide bonds. The van der Waals surface area contributed by atoms with Crippen molar-refractivity contribution in [1.29, 1.82) is 0 Å². The van der Waals surface area contributed by atoms with Gasteiger partial charge in [0.15, 0.2) is 0 Å². The average Bonchev–Trinajstić information content (AvgIpc) is 2.58. The Morgan fingerprint density at radius 3 is 2.26 bits per heavy atom. The van der Waals surface area contributed by atoms with Crippen LogP contribution in [0.5, 0.6) is 0 Å². The molecule has 120 valence electrons. The van der Waals surface area contributed by atoms with Crippen molar-refractivity contribution in [3.05, 3.63) is 71.5 Å². The highest BCUT2D eigenvalue weighted by atomic mass is 19.1. The van der Waals surface area contributed by atoms with Crippen LogP contribution in [-0.4, -0.2) is 37.0 Å². The van der Waals surface area contributed by atoms with Crippen molar-refractivity contribution < 1.29 is 14.1 Å². The molecule has 2 aromatic rings. The number of nitrogens with one attached hydrogen (secondary N) is 1. The van der Waals surface area contributed by atoms with Crippen molar-refractivity contribution in [2.45, 2.75) is 13.0 Å². The number of hydrogen-bond donors (Lipinski definition) is 1. The van der Waals surface area contributed by atoms with Crippen LogP contribution in [0, 0.1) is 5.82 Å². The van der Waals surface area contributed by atoms with Crippen LogP contribution in [0.4, 0.5) is 4.39 Å². The zero-order valence-electron chi connectivity index (χ0n) is 13.2. The lowest BCUT2D eigenvalue weighted by Crippen LogP contribution is -3.13.